The van der Waals surface area contributed by atoms with Gasteiger partial charge in [-0.15, -0.1) is 0 Å². The Bertz CT molecular complexity index is 273. The second-order valence-corrected chi connectivity index (χ2v) is 3.86. The third-order valence-electron chi connectivity index (χ3n) is 2.46. The van der Waals surface area contributed by atoms with E-state index in [2.05, 4.69) is 18.3 Å². The zero-order valence-electron chi connectivity index (χ0n) is 9.50. The topological polar surface area (TPSA) is 32.3 Å². The Morgan fingerprint density at radius 1 is 1.20 bits per heavy atom. The number of nitrogens with one attached hydrogen (secondary N) is 1. The van der Waals surface area contributed by atoms with Crippen LogP contribution in [0.5, 0.6) is 0 Å². The maximum atomic E-state index is 8.98. The highest BCUT2D eigenvalue weighted by Gasteiger charge is 1.94. The number of aliphatic hydroxyl groups excluding tert-OH is 1. The molecule has 0 bridgehead atoms. The Kier molecular flexibility index (Phi) is 6.05. The lowest BCUT2D eigenvalue weighted by molar-refractivity contribution is 0.281. The van der Waals surface area contributed by atoms with Crippen LogP contribution in [-0.4, -0.2) is 11.7 Å². The lowest BCUT2D eigenvalue weighted by Gasteiger charge is -2.05. The highest BCUT2D eigenvalue weighted by atomic mass is 16.3. The smallest absolute Gasteiger partial charge is 0.0681 e. The molecule has 0 saturated carbocycles. The van der Waals surface area contributed by atoms with E-state index in [0.717, 1.165) is 18.7 Å². The molecule has 2 nitrogen and oxygen atoms in total. The maximum absolute atomic E-state index is 8.98. The van der Waals surface area contributed by atoms with Gasteiger partial charge in [0.05, 0.1) is 6.61 Å². The summed E-state index contributed by atoms with van der Waals surface area (Å²) in [6.45, 7) is 4.32. The fourth-order valence-corrected chi connectivity index (χ4v) is 1.57. The molecule has 0 atom stereocenters. The van der Waals surface area contributed by atoms with Gasteiger partial charge in [-0.2, -0.15) is 0 Å². The third kappa shape index (κ3) is 4.96. The second-order valence-electron chi connectivity index (χ2n) is 3.86. The third-order valence-corrected chi connectivity index (χ3v) is 2.46. The van der Waals surface area contributed by atoms with Crippen LogP contribution in [0, 0.1) is 0 Å². The van der Waals surface area contributed by atoms with E-state index in [4.69, 9.17) is 5.11 Å². The van der Waals surface area contributed by atoms with Crippen molar-refractivity contribution in [3.8, 4) is 0 Å². The Hall–Kier alpha value is -0.860. The van der Waals surface area contributed by atoms with Gasteiger partial charge in [0.25, 0.3) is 0 Å². The first-order valence-corrected chi connectivity index (χ1v) is 5.76. The summed E-state index contributed by atoms with van der Waals surface area (Å²) in [5.74, 6) is 0. The lowest BCUT2D eigenvalue weighted by Crippen LogP contribution is -2.14. The summed E-state index contributed by atoms with van der Waals surface area (Å²) >= 11 is 0. The molecule has 84 valence electrons. The molecule has 0 radical (unpaired) electrons. The second kappa shape index (κ2) is 7.43. The average molecular weight is 207 g/mol. The van der Waals surface area contributed by atoms with Gasteiger partial charge in [-0.1, -0.05) is 44.0 Å². The van der Waals surface area contributed by atoms with Crippen LogP contribution >= 0.6 is 0 Å². The summed E-state index contributed by atoms with van der Waals surface area (Å²) in [5, 5.41) is 12.4. The Balaban J connectivity index is 2.24. The van der Waals surface area contributed by atoms with Crippen molar-refractivity contribution in [2.24, 2.45) is 0 Å². The molecule has 0 aromatic heterocycles. The van der Waals surface area contributed by atoms with E-state index >= 15 is 0 Å². The van der Waals surface area contributed by atoms with Crippen molar-refractivity contribution in [3.63, 3.8) is 0 Å². The molecule has 0 heterocycles. The Morgan fingerprint density at radius 2 is 2.00 bits per heavy atom. The van der Waals surface area contributed by atoms with Gasteiger partial charge in [0.1, 0.15) is 0 Å². The molecule has 0 aliphatic heterocycles. The zero-order valence-corrected chi connectivity index (χ0v) is 9.50. The fourth-order valence-electron chi connectivity index (χ4n) is 1.57. The van der Waals surface area contributed by atoms with Crippen molar-refractivity contribution in [1.82, 2.24) is 5.32 Å². The first-order chi connectivity index (χ1) is 7.36. The maximum Gasteiger partial charge on any atom is 0.0681 e. The van der Waals surface area contributed by atoms with E-state index in [1.807, 2.05) is 18.2 Å². The van der Waals surface area contributed by atoms with Crippen LogP contribution in [0.4, 0.5) is 0 Å². The van der Waals surface area contributed by atoms with E-state index < -0.39 is 0 Å². The molecule has 15 heavy (non-hydrogen) atoms. The Morgan fingerprint density at radius 3 is 2.73 bits per heavy atom. The molecular formula is C13H21NO. The molecule has 0 amide bonds. The standard InChI is InChI=1S/C13H21NO/c1-2-3-4-8-14-10-12-6-5-7-13(9-12)11-15/h5-7,9,14-15H,2-4,8,10-11H2,1H3. The van der Waals surface area contributed by atoms with Crippen molar-refractivity contribution < 1.29 is 5.11 Å². The molecule has 1 aromatic rings. The van der Waals surface area contributed by atoms with Crippen LogP contribution in [0.2, 0.25) is 0 Å². The van der Waals surface area contributed by atoms with E-state index in [1.165, 1.54) is 24.8 Å². The number of unbranched alkanes of at least 4 members (excludes halogenated alkanes) is 2. The van der Waals surface area contributed by atoms with Gasteiger partial charge in [-0.3, -0.25) is 0 Å². The molecule has 0 spiro atoms. The van der Waals surface area contributed by atoms with E-state index in [-0.39, 0.29) is 6.61 Å². The molecular weight excluding hydrogens is 186 g/mol. The van der Waals surface area contributed by atoms with Crippen molar-refractivity contribution >= 4 is 0 Å². The predicted molar refractivity (Wildman–Crippen MR) is 63.6 cm³/mol. The van der Waals surface area contributed by atoms with Crippen LogP contribution in [0.1, 0.15) is 37.3 Å². The van der Waals surface area contributed by atoms with E-state index in [9.17, 15) is 0 Å². The molecule has 0 fully saturated rings. The molecule has 2 heteroatoms. The normalized spacial score (nSPS) is 10.5. The first-order valence-electron chi connectivity index (χ1n) is 5.76. The highest BCUT2D eigenvalue weighted by molar-refractivity contribution is 5.22. The first kappa shape index (κ1) is 12.2. The zero-order chi connectivity index (χ0) is 10.9. The van der Waals surface area contributed by atoms with Gasteiger partial charge in [-0.05, 0) is 24.1 Å². The van der Waals surface area contributed by atoms with Crippen molar-refractivity contribution in [2.45, 2.75) is 39.3 Å². The van der Waals surface area contributed by atoms with Gasteiger partial charge < -0.3 is 10.4 Å². The molecule has 1 rings (SSSR count). The number of hydrogen-bond acceptors (Lipinski definition) is 2. The van der Waals surface area contributed by atoms with Crippen LogP contribution < -0.4 is 5.32 Å². The summed E-state index contributed by atoms with van der Waals surface area (Å²) in [6, 6.07) is 8.08. The molecule has 0 unspecified atom stereocenters. The minimum Gasteiger partial charge on any atom is -0.392 e. The van der Waals surface area contributed by atoms with Gasteiger partial charge in [0.15, 0.2) is 0 Å². The number of rotatable bonds is 7. The van der Waals surface area contributed by atoms with Gasteiger partial charge >= 0.3 is 0 Å². The van der Waals surface area contributed by atoms with Crippen molar-refractivity contribution in [3.05, 3.63) is 35.4 Å². The SMILES string of the molecule is CCCCCNCc1cccc(CO)c1. The summed E-state index contributed by atoms with van der Waals surface area (Å²) in [5.41, 5.74) is 2.24. The monoisotopic (exact) mass is 207 g/mol. The largest absolute Gasteiger partial charge is 0.392 e. The summed E-state index contributed by atoms with van der Waals surface area (Å²) in [6.07, 6.45) is 3.81. The summed E-state index contributed by atoms with van der Waals surface area (Å²) in [7, 11) is 0. The number of hydrogen-bond donors (Lipinski definition) is 2. The molecule has 0 saturated heterocycles. The molecule has 0 aliphatic carbocycles. The van der Waals surface area contributed by atoms with Gasteiger partial charge in [0, 0.05) is 6.54 Å². The van der Waals surface area contributed by atoms with Crippen LogP contribution in [-0.2, 0) is 13.2 Å². The summed E-state index contributed by atoms with van der Waals surface area (Å²) in [4.78, 5) is 0. The van der Waals surface area contributed by atoms with Gasteiger partial charge in [0.2, 0.25) is 0 Å². The minimum atomic E-state index is 0.129. The lowest BCUT2D eigenvalue weighted by atomic mass is 10.1. The quantitative estimate of drug-likeness (QED) is 0.673. The molecule has 0 aliphatic rings. The van der Waals surface area contributed by atoms with Crippen molar-refractivity contribution in [1.29, 1.82) is 0 Å². The van der Waals surface area contributed by atoms with E-state index in [1.54, 1.807) is 0 Å². The number of benzene rings is 1. The fraction of sp³-hybridized carbons (Fsp3) is 0.538. The van der Waals surface area contributed by atoms with E-state index in [0.29, 0.717) is 0 Å². The molecule has 2 N–H and O–H groups in total. The highest BCUT2D eigenvalue weighted by Crippen LogP contribution is 2.04. The average Bonchev–Trinajstić information content (AvgIpc) is 2.29. The summed E-state index contributed by atoms with van der Waals surface area (Å²) < 4.78 is 0. The minimum absolute atomic E-state index is 0.129. The van der Waals surface area contributed by atoms with Gasteiger partial charge in [-0.25, -0.2) is 0 Å². The Labute approximate surface area is 92.3 Å². The van der Waals surface area contributed by atoms with Crippen LogP contribution in [0.15, 0.2) is 24.3 Å². The van der Waals surface area contributed by atoms with Crippen LogP contribution in [0.25, 0.3) is 0 Å². The van der Waals surface area contributed by atoms with Crippen molar-refractivity contribution in [2.75, 3.05) is 6.54 Å². The van der Waals surface area contributed by atoms with Crippen LogP contribution in [0.3, 0.4) is 0 Å². The molecule has 1 aromatic carbocycles. The number of aliphatic hydroxyl groups is 1. The predicted octanol–water partition coefficient (Wildman–Crippen LogP) is 2.46.